The molecule has 1 spiro atoms. The molecule has 2 heterocycles. The number of ether oxygens (including phenoxy) is 2. The molecule has 6 nitrogen and oxygen atoms in total. The molecule has 3 rings (SSSR count). The predicted molar refractivity (Wildman–Crippen MR) is 74.9 cm³/mol. The number of rotatable bonds is 3. The molecule has 0 aliphatic carbocycles. The van der Waals surface area contributed by atoms with Crippen LogP contribution in [0.1, 0.15) is 15.9 Å². The maximum absolute atomic E-state index is 12.5. The fourth-order valence-corrected chi connectivity index (χ4v) is 2.93. The number of benzene rings is 1. The molecule has 0 aromatic heterocycles. The molecule has 0 saturated carbocycles. The molecule has 2 amide bonds. The first-order valence-corrected chi connectivity index (χ1v) is 6.85. The number of likely N-dealkylation sites (N-methyl/N-ethyl adjacent to an activating group) is 1. The molecule has 0 N–H and O–H groups in total. The zero-order chi connectivity index (χ0) is 15.0. The standard InChI is InChI=1S/C15H18N2O4/c1-16-8-15(21-14(16)19)9-17(10-15)13(18)12-6-4-3-5-11(12)7-20-2/h3-6H,7-10H2,1-2H3. The van der Waals surface area contributed by atoms with Crippen molar-refractivity contribution in [2.24, 2.45) is 0 Å². The van der Waals surface area contributed by atoms with E-state index in [9.17, 15) is 9.59 Å². The number of methoxy groups -OCH3 is 1. The van der Waals surface area contributed by atoms with Gasteiger partial charge >= 0.3 is 6.09 Å². The molecule has 0 bridgehead atoms. The Bertz CT molecular complexity index is 581. The zero-order valence-corrected chi connectivity index (χ0v) is 12.2. The molecule has 2 saturated heterocycles. The van der Waals surface area contributed by atoms with E-state index in [1.165, 1.54) is 0 Å². The number of amides is 2. The van der Waals surface area contributed by atoms with Crippen LogP contribution in [0, 0.1) is 0 Å². The van der Waals surface area contributed by atoms with Crippen molar-refractivity contribution < 1.29 is 19.1 Å². The Hall–Kier alpha value is -2.08. The van der Waals surface area contributed by atoms with Gasteiger partial charge in [0, 0.05) is 19.7 Å². The molecular weight excluding hydrogens is 272 g/mol. The van der Waals surface area contributed by atoms with Gasteiger partial charge in [-0.2, -0.15) is 0 Å². The van der Waals surface area contributed by atoms with Crippen LogP contribution in [0.4, 0.5) is 4.79 Å². The largest absolute Gasteiger partial charge is 0.437 e. The van der Waals surface area contributed by atoms with Crippen LogP contribution < -0.4 is 0 Å². The third-order valence-corrected chi connectivity index (χ3v) is 3.93. The van der Waals surface area contributed by atoms with Gasteiger partial charge in [-0.05, 0) is 11.6 Å². The second-order valence-electron chi connectivity index (χ2n) is 5.66. The van der Waals surface area contributed by atoms with Crippen molar-refractivity contribution >= 4 is 12.0 Å². The van der Waals surface area contributed by atoms with Crippen LogP contribution in [0.25, 0.3) is 0 Å². The summed E-state index contributed by atoms with van der Waals surface area (Å²) in [6.07, 6.45) is -0.318. The van der Waals surface area contributed by atoms with Crippen LogP contribution in [0.5, 0.6) is 0 Å². The zero-order valence-electron chi connectivity index (χ0n) is 12.2. The minimum absolute atomic E-state index is 0.0427. The molecule has 1 aromatic rings. The molecule has 2 aliphatic heterocycles. The average Bonchev–Trinajstić information content (AvgIpc) is 2.73. The second-order valence-corrected chi connectivity index (χ2v) is 5.66. The molecule has 21 heavy (non-hydrogen) atoms. The summed E-state index contributed by atoms with van der Waals surface area (Å²) in [5, 5.41) is 0. The third kappa shape index (κ3) is 2.35. The normalized spacial score (nSPS) is 19.6. The minimum Gasteiger partial charge on any atom is -0.437 e. The fraction of sp³-hybridized carbons (Fsp3) is 0.467. The fourth-order valence-electron chi connectivity index (χ4n) is 2.93. The van der Waals surface area contributed by atoms with Crippen LogP contribution in [-0.2, 0) is 16.1 Å². The Morgan fingerprint density at radius 1 is 1.33 bits per heavy atom. The molecule has 6 heteroatoms. The van der Waals surface area contributed by atoms with Crippen molar-refractivity contribution in [3.63, 3.8) is 0 Å². The highest BCUT2D eigenvalue weighted by molar-refractivity contribution is 5.96. The summed E-state index contributed by atoms with van der Waals surface area (Å²) in [5.41, 5.74) is 0.996. The third-order valence-electron chi connectivity index (χ3n) is 3.93. The molecule has 0 unspecified atom stereocenters. The topological polar surface area (TPSA) is 59.1 Å². The highest BCUT2D eigenvalue weighted by atomic mass is 16.6. The first-order valence-electron chi connectivity index (χ1n) is 6.85. The van der Waals surface area contributed by atoms with E-state index < -0.39 is 5.60 Å². The Kier molecular flexibility index (Phi) is 3.33. The lowest BCUT2D eigenvalue weighted by Gasteiger charge is -2.45. The molecule has 2 aliphatic rings. The molecule has 112 valence electrons. The molecule has 0 radical (unpaired) electrons. The van der Waals surface area contributed by atoms with Gasteiger partial charge in [-0.15, -0.1) is 0 Å². The first kappa shape index (κ1) is 13.9. The summed E-state index contributed by atoms with van der Waals surface area (Å²) in [4.78, 5) is 27.2. The smallest absolute Gasteiger partial charge is 0.410 e. The molecule has 2 fully saturated rings. The monoisotopic (exact) mass is 290 g/mol. The lowest BCUT2D eigenvalue weighted by atomic mass is 9.92. The van der Waals surface area contributed by atoms with E-state index >= 15 is 0 Å². The van der Waals surface area contributed by atoms with Crippen LogP contribution >= 0.6 is 0 Å². The Balaban J connectivity index is 1.70. The molecule has 0 atom stereocenters. The number of carbonyl (C=O) groups excluding carboxylic acids is 2. The van der Waals surface area contributed by atoms with Crippen molar-refractivity contribution in [2.45, 2.75) is 12.2 Å². The van der Waals surface area contributed by atoms with Gasteiger partial charge in [-0.1, -0.05) is 18.2 Å². The van der Waals surface area contributed by atoms with Crippen molar-refractivity contribution in [2.75, 3.05) is 33.8 Å². The van der Waals surface area contributed by atoms with Crippen LogP contribution in [0.15, 0.2) is 24.3 Å². The minimum atomic E-state index is -0.516. The SMILES string of the molecule is COCc1ccccc1C(=O)N1CC2(CN(C)C(=O)O2)C1. The van der Waals surface area contributed by atoms with Gasteiger partial charge in [0.05, 0.1) is 26.2 Å². The van der Waals surface area contributed by atoms with Crippen LogP contribution in [0.2, 0.25) is 0 Å². The van der Waals surface area contributed by atoms with Gasteiger partial charge in [0.2, 0.25) is 0 Å². The van der Waals surface area contributed by atoms with Crippen molar-refractivity contribution in [1.82, 2.24) is 9.80 Å². The number of carbonyl (C=O) groups is 2. The van der Waals surface area contributed by atoms with E-state index in [1.54, 1.807) is 30.0 Å². The van der Waals surface area contributed by atoms with Crippen LogP contribution in [0.3, 0.4) is 0 Å². The average molecular weight is 290 g/mol. The van der Waals surface area contributed by atoms with Crippen molar-refractivity contribution in [1.29, 1.82) is 0 Å². The second kappa shape index (κ2) is 5.04. The lowest BCUT2D eigenvalue weighted by molar-refractivity contribution is -0.0582. The van der Waals surface area contributed by atoms with Gasteiger partial charge in [0.15, 0.2) is 5.60 Å². The van der Waals surface area contributed by atoms with Crippen LogP contribution in [-0.4, -0.2) is 61.2 Å². The number of hydrogen-bond acceptors (Lipinski definition) is 4. The lowest BCUT2D eigenvalue weighted by Crippen LogP contribution is -2.65. The van der Waals surface area contributed by atoms with E-state index in [0.29, 0.717) is 31.8 Å². The van der Waals surface area contributed by atoms with Gasteiger partial charge in [-0.25, -0.2) is 4.79 Å². The van der Waals surface area contributed by atoms with Gasteiger partial charge in [0.25, 0.3) is 5.91 Å². The number of likely N-dealkylation sites (tertiary alicyclic amines) is 1. The number of nitrogens with zero attached hydrogens (tertiary/aromatic N) is 2. The van der Waals surface area contributed by atoms with Gasteiger partial charge < -0.3 is 19.3 Å². The van der Waals surface area contributed by atoms with E-state index in [0.717, 1.165) is 5.56 Å². The number of hydrogen-bond donors (Lipinski definition) is 0. The summed E-state index contributed by atoms with van der Waals surface area (Å²) in [7, 11) is 3.31. The Labute approximate surface area is 123 Å². The van der Waals surface area contributed by atoms with E-state index in [1.807, 2.05) is 18.2 Å². The molecular formula is C15H18N2O4. The highest BCUT2D eigenvalue weighted by Crippen LogP contribution is 2.32. The van der Waals surface area contributed by atoms with Crippen molar-refractivity contribution in [3.05, 3.63) is 35.4 Å². The molecule has 1 aromatic carbocycles. The quantitative estimate of drug-likeness (QED) is 0.836. The van der Waals surface area contributed by atoms with Crippen molar-refractivity contribution in [3.8, 4) is 0 Å². The maximum Gasteiger partial charge on any atom is 0.410 e. The summed E-state index contributed by atoms with van der Waals surface area (Å²) in [5.74, 6) is -0.0427. The Morgan fingerprint density at radius 2 is 2.05 bits per heavy atom. The Morgan fingerprint density at radius 3 is 2.67 bits per heavy atom. The van der Waals surface area contributed by atoms with E-state index in [4.69, 9.17) is 9.47 Å². The summed E-state index contributed by atoms with van der Waals surface area (Å²) >= 11 is 0. The van der Waals surface area contributed by atoms with Gasteiger partial charge in [-0.3, -0.25) is 4.79 Å². The highest BCUT2D eigenvalue weighted by Gasteiger charge is 2.54. The predicted octanol–water partition coefficient (Wildman–Crippen LogP) is 1.11. The van der Waals surface area contributed by atoms with Gasteiger partial charge in [0.1, 0.15) is 0 Å². The van der Waals surface area contributed by atoms with E-state index in [-0.39, 0.29) is 12.0 Å². The maximum atomic E-state index is 12.5. The first-order chi connectivity index (χ1) is 10.0. The summed E-state index contributed by atoms with van der Waals surface area (Å²) < 4.78 is 10.5. The van der Waals surface area contributed by atoms with E-state index in [2.05, 4.69) is 0 Å². The summed E-state index contributed by atoms with van der Waals surface area (Å²) in [6.45, 7) is 1.83. The summed E-state index contributed by atoms with van der Waals surface area (Å²) in [6, 6.07) is 7.41.